The van der Waals surface area contributed by atoms with E-state index in [-0.39, 0.29) is 22.3 Å². The van der Waals surface area contributed by atoms with Crippen molar-refractivity contribution in [1.82, 2.24) is 20.0 Å². The Bertz CT molecular complexity index is 462. The summed E-state index contributed by atoms with van der Waals surface area (Å²) in [5.74, 6) is 0.0844. The quantitative estimate of drug-likeness (QED) is 0.729. The van der Waals surface area contributed by atoms with Crippen LogP contribution in [0.5, 0.6) is 0 Å². The Kier molecular flexibility index (Phi) is 6.95. The Labute approximate surface area is 137 Å². The normalized spacial score (nSPS) is 13.6. The fraction of sp³-hybridized carbons (Fsp3) is 0.667. The molecule has 2 amide bonds. The van der Waals surface area contributed by atoms with E-state index in [9.17, 15) is 9.59 Å². The van der Waals surface area contributed by atoms with Gasteiger partial charge in [0, 0.05) is 28.2 Å². The highest BCUT2D eigenvalue weighted by molar-refractivity contribution is 8.04. The fourth-order valence-electron chi connectivity index (χ4n) is 1.42. The summed E-state index contributed by atoms with van der Waals surface area (Å²) in [5.41, 5.74) is 0. The third-order valence-corrected chi connectivity index (χ3v) is 5.79. The van der Waals surface area contributed by atoms with E-state index in [1.807, 2.05) is 13.8 Å². The molecule has 2 atom stereocenters. The van der Waals surface area contributed by atoms with Gasteiger partial charge in [-0.3, -0.25) is 9.59 Å². The molecular weight excluding hydrogens is 328 g/mol. The van der Waals surface area contributed by atoms with E-state index in [2.05, 4.69) is 10.2 Å². The van der Waals surface area contributed by atoms with Crippen LogP contribution in [0.2, 0.25) is 0 Å². The molecule has 0 N–H and O–H groups in total. The average molecular weight is 349 g/mol. The molecule has 0 unspecified atom stereocenters. The third kappa shape index (κ3) is 5.48. The summed E-state index contributed by atoms with van der Waals surface area (Å²) < 4.78 is 1.48. The van der Waals surface area contributed by atoms with E-state index in [0.29, 0.717) is 0 Å². The molecule has 0 aliphatic heterocycles. The van der Waals surface area contributed by atoms with Crippen molar-refractivity contribution in [3.05, 3.63) is 0 Å². The Balaban J connectivity index is 2.61. The van der Waals surface area contributed by atoms with Gasteiger partial charge in [-0.2, -0.15) is 0 Å². The van der Waals surface area contributed by atoms with Crippen LogP contribution in [0.3, 0.4) is 0 Å². The molecule has 6 nitrogen and oxygen atoms in total. The van der Waals surface area contributed by atoms with Crippen molar-refractivity contribution in [2.24, 2.45) is 0 Å². The second kappa shape index (κ2) is 8.00. The van der Waals surface area contributed by atoms with Gasteiger partial charge in [-0.25, -0.2) is 0 Å². The minimum absolute atomic E-state index is 0.0422. The Morgan fingerprint density at radius 3 is 1.52 bits per heavy atom. The number of thioether (sulfide) groups is 2. The predicted octanol–water partition coefficient (Wildman–Crippen LogP) is 1.68. The summed E-state index contributed by atoms with van der Waals surface area (Å²) in [7, 11) is 6.93. The van der Waals surface area contributed by atoms with E-state index in [1.54, 1.807) is 38.0 Å². The first-order valence-electron chi connectivity index (χ1n) is 6.31. The molecule has 0 saturated heterocycles. The van der Waals surface area contributed by atoms with Gasteiger partial charge in [0.2, 0.25) is 11.8 Å². The summed E-state index contributed by atoms with van der Waals surface area (Å²) in [6.07, 6.45) is 0. The van der Waals surface area contributed by atoms with Gasteiger partial charge in [-0.1, -0.05) is 34.9 Å². The first-order valence-corrected chi connectivity index (χ1v) is 8.89. The molecule has 118 valence electrons. The van der Waals surface area contributed by atoms with Crippen LogP contribution in [0.15, 0.2) is 8.68 Å². The maximum Gasteiger partial charge on any atom is 0.235 e. The van der Waals surface area contributed by atoms with Crippen LogP contribution in [0.4, 0.5) is 0 Å². The van der Waals surface area contributed by atoms with Crippen molar-refractivity contribution < 1.29 is 9.59 Å². The molecule has 1 aromatic heterocycles. The number of hydrogen-bond acceptors (Lipinski definition) is 7. The summed E-state index contributed by atoms with van der Waals surface area (Å²) in [5, 5.41) is 7.74. The Hall–Kier alpha value is -0.800. The first-order chi connectivity index (χ1) is 9.72. The molecule has 0 aliphatic rings. The van der Waals surface area contributed by atoms with Crippen molar-refractivity contribution in [3.8, 4) is 0 Å². The Morgan fingerprint density at radius 1 is 0.905 bits per heavy atom. The van der Waals surface area contributed by atoms with Gasteiger partial charge < -0.3 is 9.80 Å². The van der Waals surface area contributed by atoms with Crippen LogP contribution in [-0.4, -0.2) is 70.5 Å². The summed E-state index contributed by atoms with van der Waals surface area (Å²) in [6, 6.07) is 0. The monoisotopic (exact) mass is 348 g/mol. The zero-order chi connectivity index (χ0) is 16.2. The highest BCUT2D eigenvalue weighted by atomic mass is 32.2. The molecule has 1 rings (SSSR count). The van der Waals surface area contributed by atoms with Gasteiger partial charge in [-0.05, 0) is 13.8 Å². The molecule has 21 heavy (non-hydrogen) atoms. The highest BCUT2D eigenvalue weighted by Gasteiger charge is 2.21. The second-order valence-electron chi connectivity index (χ2n) is 4.82. The Morgan fingerprint density at radius 2 is 1.24 bits per heavy atom. The lowest BCUT2D eigenvalue weighted by Gasteiger charge is -2.15. The van der Waals surface area contributed by atoms with E-state index in [0.717, 1.165) is 8.68 Å². The maximum absolute atomic E-state index is 11.8. The van der Waals surface area contributed by atoms with Crippen molar-refractivity contribution in [1.29, 1.82) is 0 Å². The zero-order valence-electron chi connectivity index (χ0n) is 13.0. The van der Waals surface area contributed by atoms with Crippen LogP contribution in [0.25, 0.3) is 0 Å². The molecule has 1 heterocycles. The van der Waals surface area contributed by atoms with E-state index in [1.165, 1.54) is 34.9 Å². The smallest absolute Gasteiger partial charge is 0.235 e. The SMILES string of the molecule is C[C@H](Sc1nnc(S[C@@H](C)C(=O)N(C)C)s1)C(=O)N(C)C. The van der Waals surface area contributed by atoms with Gasteiger partial charge in [-0.15, -0.1) is 10.2 Å². The number of carbonyl (C=O) groups is 2. The summed E-state index contributed by atoms with van der Waals surface area (Å²) in [6.45, 7) is 3.69. The largest absolute Gasteiger partial charge is 0.348 e. The molecule has 0 radical (unpaired) electrons. The summed E-state index contributed by atoms with van der Waals surface area (Å²) >= 11 is 4.19. The lowest BCUT2D eigenvalue weighted by Crippen LogP contribution is -2.29. The predicted molar refractivity (Wildman–Crippen MR) is 87.9 cm³/mol. The minimum atomic E-state index is -0.202. The molecule has 0 bridgehead atoms. The molecule has 9 heteroatoms. The number of amides is 2. The van der Waals surface area contributed by atoms with Gasteiger partial charge in [0.05, 0.1) is 10.5 Å². The van der Waals surface area contributed by atoms with Crippen molar-refractivity contribution in [2.75, 3.05) is 28.2 Å². The van der Waals surface area contributed by atoms with Crippen LogP contribution in [0, 0.1) is 0 Å². The number of rotatable bonds is 6. The molecule has 0 saturated carbocycles. The molecular formula is C12H20N4O2S3. The standard InChI is InChI=1S/C12H20N4O2S3/c1-7(9(17)15(3)4)19-11-13-14-12(21-11)20-8(2)10(18)16(5)6/h7-8H,1-6H3/t7-,8-/m0/s1. The summed E-state index contributed by atoms with van der Waals surface area (Å²) in [4.78, 5) is 26.7. The van der Waals surface area contributed by atoms with Gasteiger partial charge in [0.15, 0.2) is 8.68 Å². The van der Waals surface area contributed by atoms with Crippen LogP contribution < -0.4 is 0 Å². The fourth-order valence-corrected chi connectivity index (χ4v) is 5.02. The number of nitrogens with zero attached hydrogens (tertiary/aromatic N) is 4. The number of aromatic nitrogens is 2. The highest BCUT2D eigenvalue weighted by Crippen LogP contribution is 2.33. The van der Waals surface area contributed by atoms with Gasteiger partial charge >= 0.3 is 0 Å². The molecule has 1 aromatic rings. The van der Waals surface area contributed by atoms with Crippen molar-refractivity contribution in [2.45, 2.75) is 33.0 Å². The van der Waals surface area contributed by atoms with Crippen LogP contribution in [0.1, 0.15) is 13.8 Å². The number of carbonyl (C=O) groups excluding carboxylic acids is 2. The second-order valence-corrected chi connectivity index (χ2v) is 8.97. The lowest BCUT2D eigenvalue weighted by molar-refractivity contribution is -0.128. The lowest BCUT2D eigenvalue weighted by atomic mass is 10.4. The van der Waals surface area contributed by atoms with E-state index in [4.69, 9.17) is 0 Å². The number of hydrogen-bond donors (Lipinski definition) is 0. The van der Waals surface area contributed by atoms with E-state index >= 15 is 0 Å². The maximum atomic E-state index is 11.8. The third-order valence-electron chi connectivity index (χ3n) is 2.52. The average Bonchev–Trinajstić information content (AvgIpc) is 2.83. The van der Waals surface area contributed by atoms with E-state index < -0.39 is 0 Å². The van der Waals surface area contributed by atoms with Crippen molar-refractivity contribution in [3.63, 3.8) is 0 Å². The molecule has 0 spiro atoms. The zero-order valence-corrected chi connectivity index (χ0v) is 15.4. The van der Waals surface area contributed by atoms with Crippen molar-refractivity contribution >= 4 is 46.7 Å². The van der Waals surface area contributed by atoms with Gasteiger partial charge in [0.1, 0.15) is 0 Å². The molecule has 0 aliphatic carbocycles. The van der Waals surface area contributed by atoms with Gasteiger partial charge in [0.25, 0.3) is 0 Å². The minimum Gasteiger partial charge on any atom is -0.348 e. The first kappa shape index (κ1) is 18.2. The topological polar surface area (TPSA) is 66.4 Å². The van der Waals surface area contributed by atoms with Crippen LogP contribution in [-0.2, 0) is 9.59 Å². The van der Waals surface area contributed by atoms with Crippen LogP contribution >= 0.6 is 34.9 Å². The molecule has 0 aromatic carbocycles. The molecule has 0 fully saturated rings.